The SMILES string of the molecule is c1cc(CCN2CCNCC2)cc(-c2ncco2)c1. The second-order valence-corrected chi connectivity index (χ2v) is 4.88. The molecule has 0 unspecified atom stereocenters. The lowest BCUT2D eigenvalue weighted by Crippen LogP contribution is -2.44. The molecule has 2 aromatic rings. The Morgan fingerprint density at radius 1 is 1.26 bits per heavy atom. The normalized spacial score (nSPS) is 16.6. The van der Waals surface area contributed by atoms with E-state index in [1.807, 2.05) is 6.07 Å². The zero-order chi connectivity index (χ0) is 12.9. The second-order valence-electron chi connectivity index (χ2n) is 4.88. The summed E-state index contributed by atoms with van der Waals surface area (Å²) in [6.45, 7) is 5.64. The maximum atomic E-state index is 5.34. The number of nitrogens with one attached hydrogen (secondary N) is 1. The van der Waals surface area contributed by atoms with E-state index < -0.39 is 0 Å². The molecular formula is C15H19N3O. The molecule has 0 spiro atoms. The van der Waals surface area contributed by atoms with Crippen LogP contribution in [0.25, 0.3) is 11.5 Å². The summed E-state index contributed by atoms with van der Waals surface area (Å²) in [5, 5.41) is 3.38. The fourth-order valence-corrected chi connectivity index (χ4v) is 2.45. The Hall–Kier alpha value is -1.65. The van der Waals surface area contributed by atoms with Crippen LogP contribution in [0.2, 0.25) is 0 Å². The van der Waals surface area contributed by atoms with Gasteiger partial charge in [0.25, 0.3) is 0 Å². The van der Waals surface area contributed by atoms with Crippen molar-refractivity contribution in [3.63, 3.8) is 0 Å². The van der Waals surface area contributed by atoms with Crippen molar-refractivity contribution in [1.29, 1.82) is 0 Å². The molecule has 4 heteroatoms. The zero-order valence-corrected chi connectivity index (χ0v) is 11.0. The minimum absolute atomic E-state index is 0.698. The van der Waals surface area contributed by atoms with Crippen LogP contribution in [0.15, 0.2) is 41.1 Å². The first-order chi connectivity index (χ1) is 9.42. The molecule has 100 valence electrons. The first kappa shape index (κ1) is 12.4. The molecule has 4 nitrogen and oxygen atoms in total. The van der Waals surface area contributed by atoms with Gasteiger partial charge in [-0.25, -0.2) is 4.98 Å². The van der Waals surface area contributed by atoms with E-state index >= 15 is 0 Å². The summed E-state index contributed by atoms with van der Waals surface area (Å²) < 4.78 is 5.34. The highest BCUT2D eigenvalue weighted by atomic mass is 16.3. The fraction of sp³-hybridized carbons (Fsp3) is 0.400. The number of rotatable bonds is 4. The molecule has 1 aromatic heterocycles. The highest BCUT2D eigenvalue weighted by Gasteiger charge is 2.09. The van der Waals surface area contributed by atoms with Gasteiger partial charge in [0.05, 0.1) is 6.20 Å². The van der Waals surface area contributed by atoms with Crippen LogP contribution in [0.4, 0.5) is 0 Å². The summed E-state index contributed by atoms with van der Waals surface area (Å²) in [5.74, 6) is 0.698. The lowest BCUT2D eigenvalue weighted by Gasteiger charge is -2.27. The van der Waals surface area contributed by atoms with Crippen LogP contribution in [0.5, 0.6) is 0 Å². The van der Waals surface area contributed by atoms with Crippen LogP contribution in [-0.2, 0) is 6.42 Å². The monoisotopic (exact) mass is 257 g/mol. The van der Waals surface area contributed by atoms with Gasteiger partial charge in [0.1, 0.15) is 6.26 Å². The largest absolute Gasteiger partial charge is 0.445 e. The third kappa shape index (κ3) is 3.22. The molecule has 0 aliphatic carbocycles. The van der Waals surface area contributed by atoms with Crippen LogP contribution in [0.3, 0.4) is 0 Å². The zero-order valence-electron chi connectivity index (χ0n) is 11.0. The van der Waals surface area contributed by atoms with E-state index in [0.717, 1.165) is 44.7 Å². The Morgan fingerprint density at radius 3 is 2.95 bits per heavy atom. The molecule has 0 saturated carbocycles. The predicted molar refractivity (Wildman–Crippen MR) is 75.0 cm³/mol. The third-order valence-electron chi connectivity index (χ3n) is 3.53. The smallest absolute Gasteiger partial charge is 0.225 e. The van der Waals surface area contributed by atoms with Crippen molar-refractivity contribution in [2.75, 3.05) is 32.7 Å². The van der Waals surface area contributed by atoms with Crippen LogP contribution < -0.4 is 5.32 Å². The first-order valence-corrected chi connectivity index (χ1v) is 6.84. The van der Waals surface area contributed by atoms with Crippen LogP contribution in [0.1, 0.15) is 5.56 Å². The summed E-state index contributed by atoms with van der Waals surface area (Å²) in [6.07, 6.45) is 4.38. The van der Waals surface area contributed by atoms with E-state index in [-0.39, 0.29) is 0 Å². The second kappa shape index (κ2) is 5.99. The van der Waals surface area contributed by atoms with Gasteiger partial charge in [-0.2, -0.15) is 0 Å². The number of oxazole rings is 1. The third-order valence-corrected chi connectivity index (χ3v) is 3.53. The predicted octanol–water partition coefficient (Wildman–Crippen LogP) is 1.79. The molecule has 19 heavy (non-hydrogen) atoms. The molecule has 1 aromatic carbocycles. The maximum absolute atomic E-state index is 5.34. The van der Waals surface area contributed by atoms with Gasteiger partial charge in [0.15, 0.2) is 0 Å². The van der Waals surface area contributed by atoms with Gasteiger partial charge in [-0.3, -0.25) is 0 Å². The van der Waals surface area contributed by atoms with Gasteiger partial charge >= 0.3 is 0 Å². The fourth-order valence-electron chi connectivity index (χ4n) is 2.45. The number of aromatic nitrogens is 1. The molecule has 0 radical (unpaired) electrons. The van der Waals surface area contributed by atoms with Crippen molar-refractivity contribution in [2.45, 2.75) is 6.42 Å². The lowest BCUT2D eigenvalue weighted by atomic mass is 10.1. The number of nitrogens with zero attached hydrogens (tertiary/aromatic N) is 2. The quantitative estimate of drug-likeness (QED) is 0.906. The van der Waals surface area contributed by atoms with Crippen molar-refractivity contribution in [2.24, 2.45) is 0 Å². The van der Waals surface area contributed by atoms with Gasteiger partial charge in [-0.05, 0) is 24.1 Å². The Balaban J connectivity index is 1.63. The minimum Gasteiger partial charge on any atom is -0.445 e. The van der Waals surface area contributed by atoms with Gasteiger partial charge in [0.2, 0.25) is 5.89 Å². The van der Waals surface area contributed by atoms with Crippen LogP contribution >= 0.6 is 0 Å². The molecule has 0 atom stereocenters. The average molecular weight is 257 g/mol. The standard InChI is InChI=1S/C15H19N3O/c1-2-13(4-8-18-9-5-16-6-10-18)12-14(3-1)15-17-7-11-19-15/h1-3,7,11-12,16H,4-6,8-10H2. The number of hydrogen-bond donors (Lipinski definition) is 1. The van der Waals surface area contributed by atoms with Gasteiger partial charge in [0, 0.05) is 38.3 Å². The minimum atomic E-state index is 0.698. The van der Waals surface area contributed by atoms with E-state index in [1.165, 1.54) is 5.56 Å². The highest BCUT2D eigenvalue weighted by Crippen LogP contribution is 2.18. The van der Waals surface area contributed by atoms with Gasteiger partial charge in [-0.1, -0.05) is 12.1 Å². The molecule has 3 rings (SSSR count). The van der Waals surface area contributed by atoms with E-state index in [0.29, 0.717) is 5.89 Å². The molecule has 2 heterocycles. The Morgan fingerprint density at radius 2 is 2.16 bits per heavy atom. The van der Waals surface area contributed by atoms with E-state index in [9.17, 15) is 0 Å². The molecule has 1 N–H and O–H groups in total. The van der Waals surface area contributed by atoms with Crippen LogP contribution in [0, 0.1) is 0 Å². The van der Waals surface area contributed by atoms with E-state index in [1.54, 1.807) is 12.5 Å². The van der Waals surface area contributed by atoms with Crippen molar-refractivity contribution in [1.82, 2.24) is 15.2 Å². The molecule has 1 saturated heterocycles. The summed E-state index contributed by atoms with van der Waals surface area (Å²) in [6, 6.07) is 8.47. The number of piperazine rings is 1. The van der Waals surface area contributed by atoms with Crippen molar-refractivity contribution < 1.29 is 4.42 Å². The van der Waals surface area contributed by atoms with Crippen molar-refractivity contribution in [3.8, 4) is 11.5 Å². The lowest BCUT2D eigenvalue weighted by molar-refractivity contribution is 0.244. The van der Waals surface area contributed by atoms with Crippen LogP contribution in [-0.4, -0.2) is 42.6 Å². The van der Waals surface area contributed by atoms with Gasteiger partial charge < -0.3 is 14.6 Å². The first-order valence-electron chi connectivity index (χ1n) is 6.84. The Kier molecular flexibility index (Phi) is 3.91. The number of hydrogen-bond acceptors (Lipinski definition) is 4. The molecular weight excluding hydrogens is 238 g/mol. The topological polar surface area (TPSA) is 41.3 Å². The van der Waals surface area contributed by atoms with Crippen molar-refractivity contribution >= 4 is 0 Å². The summed E-state index contributed by atoms with van der Waals surface area (Å²) in [7, 11) is 0. The molecule has 0 bridgehead atoms. The number of benzene rings is 1. The van der Waals surface area contributed by atoms with E-state index in [2.05, 4.69) is 33.4 Å². The average Bonchev–Trinajstić information content (AvgIpc) is 3.01. The Bertz CT molecular complexity index is 504. The molecule has 0 amide bonds. The summed E-state index contributed by atoms with van der Waals surface area (Å²) in [5.41, 5.74) is 2.40. The van der Waals surface area contributed by atoms with Crippen molar-refractivity contribution in [3.05, 3.63) is 42.3 Å². The highest BCUT2D eigenvalue weighted by molar-refractivity contribution is 5.54. The maximum Gasteiger partial charge on any atom is 0.225 e. The Labute approximate surface area is 113 Å². The summed E-state index contributed by atoms with van der Waals surface area (Å²) >= 11 is 0. The molecule has 1 fully saturated rings. The molecule has 1 aliphatic rings. The molecule has 1 aliphatic heterocycles. The van der Waals surface area contributed by atoms with E-state index in [4.69, 9.17) is 4.42 Å². The van der Waals surface area contributed by atoms with Gasteiger partial charge in [-0.15, -0.1) is 0 Å². The summed E-state index contributed by atoms with van der Waals surface area (Å²) in [4.78, 5) is 6.70.